The second kappa shape index (κ2) is 9.97. The van der Waals surface area contributed by atoms with Crippen molar-refractivity contribution in [2.75, 3.05) is 6.61 Å². The van der Waals surface area contributed by atoms with E-state index in [4.69, 9.17) is 14.6 Å². The third kappa shape index (κ3) is 5.48. The molecule has 1 aromatic carbocycles. The molecule has 3 heterocycles. The van der Waals surface area contributed by atoms with Crippen molar-refractivity contribution in [3.63, 3.8) is 0 Å². The number of alkyl halides is 3. The Balaban J connectivity index is 1.65. The van der Waals surface area contributed by atoms with Gasteiger partial charge in [-0.3, -0.25) is 0 Å². The number of rotatable bonds is 8. The van der Waals surface area contributed by atoms with E-state index in [0.717, 1.165) is 4.68 Å². The largest absolute Gasteiger partial charge is 0.462 e. The minimum absolute atomic E-state index is 0.0244. The van der Waals surface area contributed by atoms with Crippen molar-refractivity contribution in [3.8, 4) is 11.3 Å². The number of carbonyl (C=O) groups excluding carboxylic acids is 1. The lowest BCUT2D eigenvalue weighted by molar-refractivity contribution is -0.140. The van der Waals surface area contributed by atoms with Crippen LogP contribution in [0, 0.1) is 11.2 Å². The Morgan fingerprint density at radius 3 is 2.61 bits per heavy atom. The van der Waals surface area contributed by atoms with Crippen molar-refractivity contribution in [2.45, 2.75) is 38.6 Å². The minimum atomic E-state index is -4.44. The molecule has 3 aromatic heterocycles. The summed E-state index contributed by atoms with van der Waals surface area (Å²) in [6.07, 6.45) is -6.20. The third-order valence-corrected chi connectivity index (χ3v) is 5.42. The van der Waals surface area contributed by atoms with Gasteiger partial charge in [-0.15, -0.1) is 5.10 Å². The summed E-state index contributed by atoms with van der Waals surface area (Å²) in [5.74, 6) is -1.34. The highest BCUT2D eigenvalue weighted by molar-refractivity contribution is 5.99. The molecule has 0 saturated heterocycles. The number of esters is 1. The van der Waals surface area contributed by atoms with Gasteiger partial charge in [-0.05, 0) is 66.9 Å². The van der Waals surface area contributed by atoms with E-state index in [2.05, 4.69) is 5.10 Å². The molecule has 1 atom stereocenters. The average Bonchev–Trinajstić information content (AvgIpc) is 3.38. The van der Waals surface area contributed by atoms with Gasteiger partial charge in [-0.1, -0.05) is 0 Å². The molecule has 4 rings (SSSR count). The van der Waals surface area contributed by atoms with Crippen molar-refractivity contribution in [3.05, 3.63) is 77.2 Å². The van der Waals surface area contributed by atoms with Gasteiger partial charge in [0.25, 0.3) is 0 Å². The van der Waals surface area contributed by atoms with Gasteiger partial charge in [0.15, 0.2) is 0 Å². The molecule has 0 saturated carbocycles. The molecule has 0 radical (unpaired) electrons. The van der Waals surface area contributed by atoms with Gasteiger partial charge in [-0.2, -0.15) is 13.2 Å². The van der Waals surface area contributed by atoms with Crippen molar-refractivity contribution < 1.29 is 36.6 Å². The van der Waals surface area contributed by atoms with Gasteiger partial charge in [0.1, 0.15) is 11.9 Å². The zero-order valence-corrected chi connectivity index (χ0v) is 19.1. The van der Waals surface area contributed by atoms with Crippen LogP contribution >= 0.6 is 0 Å². The van der Waals surface area contributed by atoms with Crippen LogP contribution in [0.4, 0.5) is 17.6 Å². The van der Waals surface area contributed by atoms with E-state index in [1.165, 1.54) is 12.1 Å². The summed E-state index contributed by atoms with van der Waals surface area (Å²) in [5.41, 5.74) is 2.21. The number of nitrogens with zero attached hydrogens (tertiary/aromatic N) is 3. The molecule has 190 valence electrons. The first-order valence-corrected chi connectivity index (χ1v) is 11.0. The first-order chi connectivity index (χ1) is 17.1. The molecule has 0 aliphatic carbocycles. The van der Waals surface area contributed by atoms with Crippen LogP contribution in [-0.2, 0) is 11.3 Å². The van der Waals surface area contributed by atoms with Gasteiger partial charge in [0.05, 0.1) is 24.4 Å². The summed E-state index contributed by atoms with van der Waals surface area (Å²) >= 11 is 0. The van der Waals surface area contributed by atoms with Crippen molar-refractivity contribution in [2.24, 2.45) is 0 Å². The standard InChI is InChI=1S/C24H22F4N4O4/c1-2-35-22(34)18-12-17-11-14(8-10-31(17)20(18)15-3-5-16(25)6-4-15)13-32-23(29)36-21(30-32)19(33)7-9-24(26,27)28/h3-6,8,10-12,19,29,33H,2,7,9,13H2,1H3. The lowest BCUT2D eigenvalue weighted by Crippen LogP contribution is -2.17. The van der Waals surface area contributed by atoms with Crippen LogP contribution in [0.15, 0.2) is 53.1 Å². The van der Waals surface area contributed by atoms with E-state index in [9.17, 15) is 27.5 Å². The zero-order valence-electron chi connectivity index (χ0n) is 19.1. The quantitative estimate of drug-likeness (QED) is 0.268. The number of halogens is 4. The highest BCUT2D eigenvalue weighted by atomic mass is 19.4. The van der Waals surface area contributed by atoms with Crippen LogP contribution in [0.25, 0.3) is 16.8 Å². The maximum absolute atomic E-state index is 13.5. The zero-order chi connectivity index (χ0) is 26.0. The Labute approximate surface area is 201 Å². The minimum Gasteiger partial charge on any atom is -0.462 e. The number of nitrogens with one attached hydrogen (secondary N) is 1. The number of pyridine rings is 1. The summed E-state index contributed by atoms with van der Waals surface area (Å²) in [6.45, 7) is 1.88. The van der Waals surface area contributed by atoms with Gasteiger partial charge < -0.3 is 18.7 Å². The molecule has 0 bridgehead atoms. The number of hydrogen-bond donors (Lipinski definition) is 2. The number of ether oxygens (including phenoxy) is 1. The van der Waals surface area contributed by atoms with Gasteiger partial charge in [0.2, 0.25) is 5.89 Å². The van der Waals surface area contributed by atoms with Crippen LogP contribution < -0.4 is 5.68 Å². The van der Waals surface area contributed by atoms with Crippen molar-refractivity contribution >= 4 is 11.5 Å². The molecule has 0 spiro atoms. The number of aliphatic hydroxyl groups is 1. The van der Waals surface area contributed by atoms with E-state index < -0.39 is 42.6 Å². The smallest absolute Gasteiger partial charge is 0.389 e. The predicted molar refractivity (Wildman–Crippen MR) is 118 cm³/mol. The maximum Gasteiger partial charge on any atom is 0.389 e. The van der Waals surface area contributed by atoms with Crippen LogP contribution in [0.5, 0.6) is 0 Å². The van der Waals surface area contributed by atoms with Crippen LogP contribution in [-0.4, -0.2) is 38.0 Å². The SMILES string of the molecule is CCOC(=O)c1cc2cc(Cn3nc(C(O)CCC(F)(F)F)oc3=N)ccn2c1-c1ccc(F)cc1. The van der Waals surface area contributed by atoms with Gasteiger partial charge in [0, 0.05) is 18.1 Å². The fourth-order valence-corrected chi connectivity index (χ4v) is 3.77. The molecule has 8 nitrogen and oxygen atoms in total. The molecule has 4 aromatic rings. The molecular formula is C24H22F4N4O4. The average molecular weight is 506 g/mol. The second-order valence-corrected chi connectivity index (χ2v) is 8.04. The van der Waals surface area contributed by atoms with Crippen LogP contribution in [0.3, 0.4) is 0 Å². The van der Waals surface area contributed by atoms with Gasteiger partial charge >= 0.3 is 17.8 Å². The van der Waals surface area contributed by atoms with Crippen molar-refractivity contribution in [1.29, 1.82) is 5.41 Å². The monoisotopic (exact) mass is 506 g/mol. The highest BCUT2D eigenvalue weighted by Crippen LogP contribution is 2.30. The van der Waals surface area contributed by atoms with E-state index in [1.807, 2.05) is 0 Å². The number of aromatic nitrogens is 3. The van der Waals surface area contributed by atoms with Crippen molar-refractivity contribution in [1.82, 2.24) is 14.2 Å². The van der Waals surface area contributed by atoms with E-state index >= 15 is 0 Å². The molecule has 0 amide bonds. The fourth-order valence-electron chi connectivity index (χ4n) is 3.77. The summed E-state index contributed by atoms with van der Waals surface area (Å²) in [5, 5.41) is 21.8. The lowest BCUT2D eigenvalue weighted by Gasteiger charge is -2.09. The Kier molecular flexibility index (Phi) is 6.97. The number of fused-ring (bicyclic) bond motifs is 1. The predicted octanol–water partition coefficient (Wildman–Crippen LogP) is 4.62. The van der Waals surface area contributed by atoms with E-state index in [1.54, 1.807) is 47.9 Å². The summed E-state index contributed by atoms with van der Waals surface area (Å²) < 4.78 is 63.8. The maximum atomic E-state index is 13.5. The summed E-state index contributed by atoms with van der Waals surface area (Å²) in [6, 6.07) is 10.7. The molecule has 2 N–H and O–H groups in total. The molecule has 0 fully saturated rings. The lowest BCUT2D eigenvalue weighted by atomic mass is 10.1. The Bertz CT molecular complexity index is 1440. The first kappa shape index (κ1) is 25.2. The molecule has 36 heavy (non-hydrogen) atoms. The Morgan fingerprint density at radius 1 is 1.22 bits per heavy atom. The normalized spacial score (nSPS) is 12.7. The molecule has 0 aliphatic rings. The molecular weight excluding hydrogens is 484 g/mol. The second-order valence-electron chi connectivity index (χ2n) is 8.04. The van der Waals surface area contributed by atoms with E-state index in [0.29, 0.717) is 22.3 Å². The Hall–Kier alpha value is -3.93. The topological polar surface area (TPSA) is 106 Å². The number of aliphatic hydroxyl groups excluding tert-OH is 1. The third-order valence-electron chi connectivity index (χ3n) is 5.42. The van der Waals surface area contributed by atoms with Gasteiger partial charge in [-0.25, -0.2) is 19.3 Å². The molecule has 1 unspecified atom stereocenters. The van der Waals surface area contributed by atoms with Crippen LogP contribution in [0.1, 0.15) is 47.7 Å². The fraction of sp³-hybridized carbons (Fsp3) is 0.292. The van der Waals surface area contributed by atoms with E-state index in [-0.39, 0.29) is 24.6 Å². The summed E-state index contributed by atoms with van der Waals surface area (Å²) in [7, 11) is 0. The highest BCUT2D eigenvalue weighted by Gasteiger charge is 2.29. The molecule has 0 aliphatic heterocycles. The number of benzene rings is 1. The number of hydrogen-bond acceptors (Lipinski definition) is 6. The first-order valence-electron chi connectivity index (χ1n) is 11.0. The Morgan fingerprint density at radius 2 is 1.94 bits per heavy atom. The molecule has 12 heteroatoms. The number of carbonyl (C=O) groups is 1. The summed E-state index contributed by atoms with van der Waals surface area (Å²) in [4.78, 5) is 12.6. The van der Waals surface area contributed by atoms with Crippen LogP contribution in [0.2, 0.25) is 0 Å².